The number of imidazole rings is 1. The van der Waals surface area contributed by atoms with Gasteiger partial charge in [0.25, 0.3) is 5.91 Å². The molecule has 1 saturated heterocycles. The number of nitrogens with one attached hydrogen (secondary N) is 1. The first-order valence-electron chi connectivity index (χ1n) is 8.30. The molecular formula is C18H24N4O. The number of nitrogens with zero attached hydrogens (tertiary/aromatic N) is 3. The summed E-state index contributed by atoms with van der Waals surface area (Å²) in [6.07, 6.45) is 7.20. The van der Waals surface area contributed by atoms with Gasteiger partial charge in [-0.15, -0.1) is 0 Å². The van der Waals surface area contributed by atoms with Crippen molar-refractivity contribution in [1.82, 2.24) is 19.8 Å². The zero-order valence-electron chi connectivity index (χ0n) is 13.6. The SMILES string of the molecule is Cn1ccnc1C(=O)NCC(c1ccccc1)N1CCCCC1. The quantitative estimate of drug-likeness (QED) is 0.922. The average Bonchev–Trinajstić information content (AvgIpc) is 3.03. The molecule has 0 radical (unpaired) electrons. The Balaban J connectivity index is 1.71. The summed E-state index contributed by atoms with van der Waals surface area (Å²) in [4.78, 5) is 18.9. The molecule has 1 N–H and O–H groups in total. The third-order valence-corrected chi connectivity index (χ3v) is 4.50. The summed E-state index contributed by atoms with van der Waals surface area (Å²) in [5.41, 5.74) is 1.26. The van der Waals surface area contributed by atoms with Crippen molar-refractivity contribution in [2.45, 2.75) is 25.3 Å². The van der Waals surface area contributed by atoms with Crippen LogP contribution in [-0.4, -0.2) is 40.0 Å². The number of aryl methyl sites for hydroxylation is 1. The number of amides is 1. The summed E-state index contributed by atoms with van der Waals surface area (Å²) < 4.78 is 1.74. The Morgan fingerprint density at radius 2 is 1.96 bits per heavy atom. The normalized spacial score (nSPS) is 16.9. The molecule has 1 aliphatic heterocycles. The van der Waals surface area contributed by atoms with E-state index in [9.17, 15) is 4.79 Å². The molecule has 23 heavy (non-hydrogen) atoms. The van der Waals surface area contributed by atoms with Crippen molar-refractivity contribution >= 4 is 5.91 Å². The van der Waals surface area contributed by atoms with Crippen LogP contribution in [0.25, 0.3) is 0 Å². The molecule has 1 aromatic heterocycles. The van der Waals surface area contributed by atoms with Crippen LogP contribution in [0.3, 0.4) is 0 Å². The van der Waals surface area contributed by atoms with Gasteiger partial charge in [0, 0.05) is 26.0 Å². The van der Waals surface area contributed by atoms with E-state index in [0.29, 0.717) is 12.4 Å². The highest BCUT2D eigenvalue weighted by molar-refractivity contribution is 5.90. The topological polar surface area (TPSA) is 50.2 Å². The van der Waals surface area contributed by atoms with Crippen LogP contribution in [0.1, 0.15) is 41.5 Å². The molecule has 5 nitrogen and oxygen atoms in total. The van der Waals surface area contributed by atoms with Gasteiger partial charge in [0.05, 0.1) is 6.04 Å². The fourth-order valence-corrected chi connectivity index (χ4v) is 3.22. The number of aromatic nitrogens is 2. The van der Waals surface area contributed by atoms with Gasteiger partial charge in [-0.25, -0.2) is 4.98 Å². The smallest absolute Gasteiger partial charge is 0.287 e. The van der Waals surface area contributed by atoms with E-state index in [-0.39, 0.29) is 11.9 Å². The van der Waals surface area contributed by atoms with Crippen LogP contribution in [0.15, 0.2) is 42.7 Å². The molecule has 1 fully saturated rings. The van der Waals surface area contributed by atoms with Gasteiger partial charge in [-0.3, -0.25) is 9.69 Å². The lowest BCUT2D eigenvalue weighted by Crippen LogP contribution is -2.41. The second-order valence-electron chi connectivity index (χ2n) is 6.09. The molecule has 5 heteroatoms. The third-order valence-electron chi connectivity index (χ3n) is 4.50. The second kappa shape index (κ2) is 7.42. The van der Waals surface area contributed by atoms with Crippen molar-refractivity contribution in [3.8, 4) is 0 Å². The summed E-state index contributed by atoms with van der Waals surface area (Å²) >= 11 is 0. The van der Waals surface area contributed by atoms with E-state index < -0.39 is 0 Å². The lowest BCUT2D eigenvalue weighted by molar-refractivity contribution is 0.0911. The molecule has 0 bridgehead atoms. The van der Waals surface area contributed by atoms with Crippen LogP contribution in [0.4, 0.5) is 0 Å². The zero-order valence-corrected chi connectivity index (χ0v) is 13.6. The lowest BCUT2D eigenvalue weighted by Gasteiger charge is -2.35. The van der Waals surface area contributed by atoms with Crippen molar-refractivity contribution in [3.63, 3.8) is 0 Å². The van der Waals surface area contributed by atoms with Crippen LogP contribution in [-0.2, 0) is 7.05 Å². The number of piperidine rings is 1. The van der Waals surface area contributed by atoms with Gasteiger partial charge in [-0.05, 0) is 31.5 Å². The number of carbonyl (C=O) groups excluding carboxylic acids is 1. The minimum atomic E-state index is -0.115. The summed E-state index contributed by atoms with van der Waals surface area (Å²) in [5.74, 6) is 0.339. The molecule has 1 aliphatic rings. The van der Waals surface area contributed by atoms with Gasteiger partial charge in [0.2, 0.25) is 0 Å². The average molecular weight is 312 g/mol. The minimum Gasteiger partial charge on any atom is -0.347 e. The van der Waals surface area contributed by atoms with Crippen LogP contribution < -0.4 is 5.32 Å². The first-order chi connectivity index (χ1) is 11.3. The zero-order chi connectivity index (χ0) is 16.1. The van der Waals surface area contributed by atoms with Crippen molar-refractivity contribution in [2.24, 2.45) is 7.05 Å². The van der Waals surface area contributed by atoms with E-state index in [1.54, 1.807) is 17.0 Å². The van der Waals surface area contributed by atoms with Crippen LogP contribution in [0, 0.1) is 0 Å². The Morgan fingerprint density at radius 3 is 2.61 bits per heavy atom. The van der Waals surface area contributed by atoms with E-state index in [1.807, 2.05) is 13.1 Å². The molecule has 3 rings (SSSR count). The predicted octanol–water partition coefficient (Wildman–Crippen LogP) is 2.38. The highest BCUT2D eigenvalue weighted by Crippen LogP contribution is 2.24. The maximum absolute atomic E-state index is 12.3. The van der Waals surface area contributed by atoms with E-state index in [1.165, 1.54) is 24.8 Å². The maximum atomic E-state index is 12.3. The molecule has 1 amide bonds. The first-order valence-corrected chi connectivity index (χ1v) is 8.30. The van der Waals surface area contributed by atoms with E-state index in [2.05, 4.69) is 39.5 Å². The maximum Gasteiger partial charge on any atom is 0.287 e. The van der Waals surface area contributed by atoms with Crippen LogP contribution >= 0.6 is 0 Å². The molecule has 1 unspecified atom stereocenters. The Bertz CT molecular complexity index is 631. The van der Waals surface area contributed by atoms with E-state index in [4.69, 9.17) is 0 Å². The van der Waals surface area contributed by atoms with Gasteiger partial charge in [0.15, 0.2) is 5.82 Å². The molecule has 0 spiro atoms. The minimum absolute atomic E-state index is 0.115. The monoisotopic (exact) mass is 312 g/mol. The van der Waals surface area contributed by atoms with Gasteiger partial charge >= 0.3 is 0 Å². The van der Waals surface area contributed by atoms with Crippen molar-refractivity contribution in [1.29, 1.82) is 0 Å². The highest BCUT2D eigenvalue weighted by atomic mass is 16.2. The molecule has 2 heterocycles. The van der Waals surface area contributed by atoms with E-state index >= 15 is 0 Å². The van der Waals surface area contributed by atoms with Crippen molar-refractivity contribution in [3.05, 3.63) is 54.1 Å². The Morgan fingerprint density at radius 1 is 1.22 bits per heavy atom. The molecule has 2 aromatic rings. The van der Waals surface area contributed by atoms with Crippen LogP contribution in [0.2, 0.25) is 0 Å². The molecule has 1 atom stereocenters. The molecule has 0 aliphatic carbocycles. The largest absolute Gasteiger partial charge is 0.347 e. The fourth-order valence-electron chi connectivity index (χ4n) is 3.22. The number of rotatable bonds is 5. The standard InChI is InChI=1S/C18H24N4O/c1-21-13-10-19-17(21)18(23)20-14-16(15-8-4-2-5-9-15)22-11-6-3-7-12-22/h2,4-5,8-10,13,16H,3,6-7,11-12,14H2,1H3,(H,20,23). The van der Waals surface area contributed by atoms with Crippen LogP contribution in [0.5, 0.6) is 0 Å². The number of carbonyl (C=O) groups is 1. The van der Waals surface area contributed by atoms with Crippen molar-refractivity contribution < 1.29 is 4.79 Å². The fraction of sp³-hybridized carbons (Fsp3) is 0.444. The summed E-state index contributed by atoms with van der Waals surface area (Å²) in [6, 6.07) is 10.7. The molecular weight excluding hydrogens is 288 g/mol. The molecule has 1 aromatic carbocycles. The van der Waals surface area contributed by atoms with Gasteiger partial charge in [-0.2, -0.15) is 0 Å². The first kappa shape index (κ1) is 15.7. The predicted molar refractivity (Wildman–Crippen MR) is 90.1 cm³/mol. The Kier molecular flexibility index (Phi) is 5.08. The molecule has 122 valence electrons. The number of benzene rings is 1. The number of hydrogen-bond donors (Lipinski definition) is 1. The third kappa shape index (κ3) is 3.79. The summed E-state index contributed by atoms with van der Waals surface area (Å²) in [5, 5.41) is 3.06. The Hall–Kier alpha value is -2.14. The van der Waals surface area contributed by atoms with Crippen molar-refractivity contribution in [2.75, 3.05) is 19.6 Å². The van der Waals surface area contributed by atoms with E-state index in [0.717, 1.165) is 13.1 Å². The Labute approximate surface area is 137 Å². The van der Waals surface area contributed by atoms with Gasteiger partial charge in [-0.1, -0.05) is 36.8 Å². The highest BCUT2D eigenvalue weighted by Gasteiger charge is 2.23. The second-order valence-corrected chi connectivity index (χ2v) is 6.09. The van der Waals surface area contributed by atoms with Gasteiger partial charge < -0.3 is 9.88 Å². The lowest BCUT2D eigenvalue weighted by atomic mass is 10.0. The number of likely N-dealkylation sites (tertiary alicyclic amines) is 1. The summed E-state index contributed by atoms with van der Waals surface area (Å²) in [6.45, 7) is 2.80. The summed E-state index contributed by atoms with van der Waals surface area (Å²) in [7, 11) is 1.83. The molecule has 0 saturated carbocycles. The van der Waals surface area contributed by atoms with Gasteiger partial charge in [0.1, 0.15) is 0 Å². The number of hydrogen-bond acceptors (Lipinski definition) is 3.